The molecule has 0 aliphatic rings. The van der Waals surface area contributed by atoms with Crippen molar-refractivity contribution in [2.24, 2.45) is 0 Å². The topological polar surface area (TPSA) is 38.9 Å². The Labute approximate surface area is 69.6 Å². The summed E-state index contributed by atoms with van der Waals surface area (Å²) in [5, 5.41) is 3.71. The van der Waals surface area contributed by atoms with Crippen molar-refractivity contribution in [1.29, 1.82) is 0 Å². The molecule has 1 heterocycles. The van der Waals surface area contributed by atoms with Gasteiger partial charge in [-0.25, -0.2) is 0 Å². The van der Waals surface area contributed by atoms with E-state index < -0.39 is 0 Å². The summed E-state index contributed by atoms with van der Waals surface area (Å²) < 4.78 is 4.77. The quantitative estimate of drug-likeness (QED) is 0.503. The highest BCUT2D eigenvalue weighted by atomic mass is 32.2. The van der Waals surface area contributed by atoms with Gasteiger partial charge in [0.2, 0.25) is 5.89 Å². The molecule has 0 spiro atoms. The van der Waals surface area contributed by atoms with Crippen molar-refractivity contribution in [2.45, 2.75) is 12.7 Å². The van der Waals surface area contributed by atoms with Crippen molar-refractivity contribution in [3.05, 3.63) is 11.7 Å². The molecule has 0 fully saturated rings. The molecule has 0 amide bonds. The highest BCUT2D eigenvalue weighted by Gasteiger charge is 1.99. The van der Waals surface area contributed by atoms with Crippen molar-refractivity contribution < 1.29 is 4.52 Å². The minimum absolute atomic E-state index is 0.598. The van der Waals surface area contributed by atoms with Gasteiger partial charge in [-0.3, -0.25) is 0 Å². The third-order valence-electron chi connectivity index (χ3n) is 0.986. The molecule has 0 aliphatic heterocycles. The summed E-state index contributed by atoms with van der Waals surface area (Å²) >= 11 is 1.60. The first kappa shape index (κ1) is 8.15. The number of aromatic nitrogens is 2. The summed E-state index contributed by atoms with van der Waals surface area (Å²) in [6, 6.07) is 0. The van der Waals surface area contributed by atoms with E-state index in [4.69, 9.17) is 10.9 Å². The minimum Gasteiger partial charge on any atom is -0.340 e. The monoisotopic (exact) mass is 168 g/mol. The molecule has 0 atom stereocenters. The van der Waals surface area contributed by atoms with Crippen LogP contribution < -0.4 is 0 Å². The van der Waals surface area contributed by atoms with Gasteiger partial charge < -0.3 is 4.52 Å². The fourth-order valence-corrected chi connectivity index (χ4v) is 1.12. The van der Waals surface area contributed by atoms with Crippen LogP contribution in [0.25, 0.3) is 0 Å². The Balaban J connectivity index is 2.34. The van der Waals surface area contributed by atoms with Crippen molar-refractivity contribution in [3.8, 4) is 12.3 Å². The van der Waals surface area contributed by atoms with Gasteiger partial charge in [0.25, 0.3) is 0 Å². The Kier molecular flexibility index (Phi) is 2.99. The average Bonchev–Trinajstić information content (AvgIpc) is 2.37. The second-order valence-corrected chi connectivity index (χ2v) is 2.91. The maximum Gasteiger partial charge on any atom is 0.223 e. The number of hydrogen-bond donors (Lipinski definition) is 0. The normalized spacial score (nSPS) is 9.45. The van der Waals surface area contributed by atoms with Crippen molar-refractivity contribution in [1.82, 2.24) is 10.1 Å². The first-order chi connectivity index (χ1) is 5.33. The van der Waals surface area contributed by atoms with Gasteiger partial charge in [0.05, 0.1) is 11.5 Å². The summed E-state index contributed by atoms with van der Waals surface area (Å²) in [4.78, 5) is 4.02. The number of rotatable bonds is 3. The summed E-state index contributed by atoms with van der Waals surface area (Å²) in [7, 11) is 0. The first-order valence-corrected chi connectivity index (χ1v) is 4.29. The minimum atomic E-state index is 0.598. The lowest BCUT2D eigenvalue weighted by molar-refractivity contribution is 0.389. The highest BCUT2D eigenvalue weighted by molar-refractivity contribution is 7.98. The van der Waals surface area contributed by atoms with Gasteiger partial charge in [0, 0.05) is 6.92 Å². The van der Waals surface area contributed by atoms with E-state index in [1.807, 2.05) is 0 Å². The van der Waals surface area contributed by atoms with Crippen LogP contribution in [-0.2, 0) is 5.75 Å². The fourth-order valence-electron chi connectivity index (χ4n) is 0.601. The van der Waals surface area contributed by atoms with Gasteiger partial charge >= 0.3 is 0 Å². The second kappa shape index (κ2) is 4.04. The molecule has 0 saturated heterocycles. The standard InChI is InChI=1S/C7H8N2OS/c1-3-4-11-5-7-8-6(2)10-9-7/h1H,4-5H2,2H3. The van der Waals surface area contributed by atoms with E-state index in [0.29, 0.717) is 17.5 Å². The molecule has 58 valence electrons. The summed E-state index contributed by atoms with van der Waals surface area (Å²) in [5.41, 5.74) is 0. The van der Waals surface area contributed by atoms with Crippen LogP contribution >= 0.6 is 11.8 Å². The number of aryl methyl sites for hydroxylation is 1. The molecule has 1 rings (SSSR count). The molecule has 0 unspecified atom stereocenters. The van der Waals surface area contributed by atoms with Gasteiger partial charge in [-0.1, -0.05) is 11.1 Å². The molecule has 0 aliphatic carbocycles. The number of hydrogen-bond acceptors (Lipinski definition) is 4. The lowest BCUT2D eigenvalue weighted by atomic mass is 10.7. The maximum atomic E-state index is 5.06. The molecular weight excluding hydrogens is 160 g/mol. The molecule has 0 radical (unpaired) electrons. The van der Waals surface area contributed by atoms with E-state index in [1.54, 1.807) is 18.7 Å². The van der Waals surface area contributed by atoms with E-state index in [2.05, 4.69) is 16.1 Å². The predicted octanol–water partition coefficient (Wildman–Crippen LogP) is 1.24. The van der Waals surface area contributed by atoms with E-state index in [-0.39, 0.29) is 0 Å². The highest BCUT2D eigenvalue weighted by Crippen LogP contribution is 2.07. The molecule has 0 bridgehead atoms. The molecule has 1 aromatic heterocycles. The molecule has 1 aromatic rings. The summed E-state index contributed by atoms with van der Waals surface area (Å²) in [6.07, 6.45) is 5.06. The Hall–Kier alpha value is -0.950. The SMILES string of the molecule is C#CCSCc1noc(C)n1. The zero-order valence-electron chi connectivity index (χ0n) is 6.20. The Morgan fingerprint density at radius 1 is 1.73 bits per heavy atom. The number of thioether (sulfide) groups is 1. The van der Waals surface area contributed by atoms with E-state index in [0.717, 1.165) is 5.75 Å². The maximum absolute atomic E-state index is 5.06. The second-order valence-electron chi connectivity index (χ2n) is 1.93. The van der Waals surface area contributed by atoms with Crippen molar-refractivity contribution in [3.63, 3.8) is 0 Å². The van der Waals surface area contributed by atoms with Crippen LogP contribution in [0.15, 0.2) is 4.52 Å². The lowest BCUT2D eigenvalue weighted by Gasteiger charge is -1.87. The molecule has 4 heteroatoms. The van der Waals surface area contributed by atoms with Gasteiger partial charge in [-0.2, -0.15) is 4.98 Å². The van der Waals surface area contributed by atoms with Crippen LogP contribution in [-0.4, -0.2) is 15.9 Å². The van der Waals surface area contributed by atoms with E-state index in [9.17, 15) is 0 Å². The Morgan fingerprint density at radius 2 is 2.55 bits per heavy atom. The van der Waals surface area contributed by atoms with Crippen molar-refractivity contribution in [2.75, 3.05) is 5.75 Å². The van der Waals surface area contributed by atoms with Crippen LogP contribution in [0.2, 0.25) is 0 Å². The number of terminal acetylenes is 1. The molecule has 0 N–H and O–H groups in total. The third-order valence-corrected chi connectivity index (χ3v) is 1.82. The molecule has 0 aromatic carbocycles. The van der Waals surface area contributed by atoms with Crippen LogP contribution in [0.5, 0.6) is 0 Å². The van der Waals surface area contributed by atoms with Crippen LogP contribution in [0.4, 0.5) is 0 Å². The summed E-state index contributed by atoms with van der Waals surface area (Å²) in [6.45, 7) is 1.77. The smallest absolute Gasteiger partial charge is 0.223 e. The molecular formula is C7H8N2OS. The first-order valence-electron chi connectivity index (χ1n) is 3.13. The van der Waals surface area contributed by atoms with E-state index >= 15 is 0 Å². The van der Waals surface area contributed by atoms with Gasteiger partial charge in [-0.15, -0.1) is 18.2 Å². The van der Waals surface area contributed by atoms with Gasteiger partial charge in [0.15, 0.2) is 5.82 Å². The largest absolute Gasteiger partial charge is 0.340 e. The Morgan fingerprint density at radius 3 is 3.09 bits per heavy atom. The molecule has 11 heavy (non-hydrogen) atoms. The molecule has 3 nitrogen and oxygen atoms in total. The Bertz CT molecular complexity index is 264. The number of nitrogens with zero attached hydrogens (tertiary/aromatic N) is 2. The van der Waals surface area contributed by atoms with Gasteiger partial charge in [0.1, 0.15) is 0 Å². The average molecular weight is 168 g/mol. The van der Waals surface area contributed by atoms with Crippen LogP contribution in [0, 0.1) is 19.3 Å². The van der Waals surface area contributed by atoms with Crippen molar-refractivity contribution >= 4 is 11.8 Å². The van der Waals surface area contributed by atoms with Crippen LogP contribution in [0.3, 0.4) is 0 Å². The third kappa shape index (κ3) is 2.64. The fraction of sp³-hybridized carbons (Fsp3) is 0.429. The zero-order valence-corrected chi connectivity index (χ0v) is 7.02. The molecule has 0 saturated carbocycles. The lowest BCUT2D eigenvalue weighted by Crippen LogP contribution is -1.84. The van der Waals surface area contributed by atoms with E-state index in [1.165, 1.54) is 0 Å². The van der Waals surface area contributed by atoms with Gasteiger partial charge in [-0.05, 0) is 0 Å². The summed E-state index contributed by atoms with van der Waals surface area (Å²) in [5.74, 6) is 5.24. The zero-order chi connectivity index (χ0) is 8.10. The van der Waals surface area contributed by atoms with Crippen LogP contribution in [0.1, 0.15) is 11.7 Å². The predicted molar refractivity (Wildman–Crippen MR) is 44.0 cm³/mol.